The Morgan fingerprint density at radius 1 is 0.620 bits per heavy atom. The van der Waals surface area contributed by atoms with Crippen molar-refractivity contribution in [2.75, 3.05) is 33.0 Å². The van der Waals surface area contributed by atoms with Gasteiger partial charge in [0, 0.05) is 19.6 Å². The first-order valence-corrected chi connectivity index (χ1v) is 21.6. The summed E-state index contributed by atoms with van der Waals surface area (Å²) in [5.74, 6) is -0.361. The van der Waals surface area contributed by atoms with E-state index >= 15 is 0 Å². The van der Waals surface area contributed by atoms with E-state index in [0.29, 0.717) is 6.61 Å². The number of carbonyl (C=O) groups is 1. The fourth-order valence-corrected chi connectivity index (χ4v) is 6.06. The van der Waals surface area contributed by atoms with Gasteiger partial charge in [-0.25, -0.2) is 4.57 Å². The maximum Gasteiger partial charge on any atom is 0.472 e. The van der Waals surface area contributed by atoms with Crippen molar-refractivity contribution in [1.82, 2.24) is 0 Å². The van der Waals surface area contributed by atoms with E-state index in [1.807, 2.05) is 0 Å². The average Bonchev–Trinajstić information content (AvgIpc) is 3.10. The van der Waals surface area contributed by atoms with Crippen LogP contribution in [0.25, 0.3) is 0 Å². The highest BCUT2D eigenvalue weighted by Crippen LogP contribution is 2.43. The molecule has 0 radical (unpaired) electrons. The van der Waals surface area contributed by atoms with E-state index in [0.717, 1.165) is 57.8 Å². The standard InChI is InChI=1S/C41H76NO7P/c1-3-5-7-9-11-13-15-17-18-19-20-21-23-25-27-29-31-33-36-46-38-40(39-48-50(44,45)47-37-35-42)49-41(43)34-32-30-28-26-24-22-16-14-12-10-8-6-4-2/h6,8,12,14,17-18,22,24,40H,3-5,7,9-11,13,15-16,19-21,23,25-39,42H2,1-2H3,(H,44,45)/b8-6-,14-12-,18-17-,24-22-. The molecule has 0 bridgehead atoms. The van der Waals surface area contributed by atoms with E-state index in [2.05, 4.69) is 62.5 Å². The molecule has 0 aromatic carbocycles. The van der Waals surface area contributed by atoms with Crippen LogP contribution in [-0.2, 0) is 27.9 Å². The lowest BCUT2D eigenvalue weighted by Crippen LogP contribution is -2.28. The lowest BCUT2D eigenvalue weighted by atomic mass is 10.1. The molecule has 0 rings (SSSR count). The Labute approximate surface area is 307 Å². The molecule has 0 amide bonds. The number of unbranched alkanes of at least 4 members (excludes halogenated alkanes) is 17. The first kappa shape index (κ1) is 48.5. The van der Waals surface area contributed by atoms with Crippen molar-refractivity contribution in [2.24, 2.45) is 5.73 Å². The Morgan fingerprint density at radius 2 is 1.12 bits per heavy atom. The van der Waals surface area contributed by atoms with E-state index in [9.17, 15) is 14.3 Å². The smallest absolute Gasteiger partial charge is 0.457 e. The number of allylic oxidation sites excluding steroid dienone is 8. The highest BCUT2D eigenvalue weighted by molar-refractivity contribution is 7.47. The Morgan fingerprint density at radius 3 is 1.70 bits per heavy atom. The highest BCUT2D eigenvalue weighted by atomic mass is 31.2. The number of hydrogen-bond acceptors (Lipinski definition) is 7. The third-order valence-electron chi connectivity index (χ3n) is 8.23. The molecule has 0 heterocycles. The molecule has 0 saturated heterocycles. The third-order valence-corrected chi connectivity index (χ3v) is 9.21. The number of phosphoric ester groups is 1. The molecule has 50 heavy (non-hydrogen) atoms. The molecule has 0 aromatic heterocycles. The number of esters is 1. The molecule has 0 aromatic rings. The topological polar surface area (TPSA) is 117 Å². The summed E-state index contributed by atoms with van der Waals surface area (Å²) in [5, 5.41) is 0. The summed E-state index contributed by atoms with van der Waals surface area (Å²) in [6, 6.07) is 0. The van der Waals surface area contributed by atoms with Crippen LogP contribution in [0.3, 0.4) is 0 Å². The molecule has 0 spiro atoms. The molecule has 3 N–H and O–H groups in total. The minimum atomic E-state index is -4.28. The Bertz CT molecular complexity index is 905. The Kier molecular flexibility index (Phi) is 37.5. The molecular formula is C41H76NO7P. The van der Waals surface area contributed by atoms with Crippen LogP contribution in [0.1, 0.15) is 168 Å². The summed E-state index contributed by atoms with van der Waals surface area (Å²) < 4.78 is 33.3. The molecule has 2 atom stereocenters. The SMILES string of the molecule is CC/C=C\C/C=C\C/C=C\CCCCCC(=O)OC(COCCCCCCCCCC/C=C\CCCCCCCC)COP(=O)(O)OCCN. The molecule has 0 saturated carbocycles. The van der Waals surface area contributed by atoms with Crippen molar-refractivity contribution in [1.29, 1.82) is 0 Å². The molecule has 2 unspecified atom stereocenters. The predicted molar refractivity (Wildman–Crippen MR) is 210 cm³/mol. The molecule has 0 fully saturated rings. The summed E-state index contributed by atoms with van der Waals surface area (Å²) >= 11 is 0. The predicted octanol–water partition coefficient (Wildman–Crippen LogP) is 11.6. The van der Waals surface area contributed by atoms with Gasteiger partial charge >= 0.3 is 13.8 Å². The average molecular weight is 726 g/mol. The van der Waals surface area contributed by atoms with Gasteiger partial charge in [-0.05, 0) is 70.6 Å². The Hall–Kier alpha value is -1.54. The fourth-order valence-electron chi connectivity index (χ4n) is 5.30. The largest absolute Gasteiger partial charge is 0.472 e. The summed E-state index contributed by atoms with van der Waals surface area (Å²) in [7, 11) is -4.28. The maximum atomic E-state index is 12.5. The van der Waals surface area contributed by atoms with Gasteiger partial charge < -0.3 is 20.1 Å². The minimum Gasteiger partial charge on any atom is -0.457 e. The van der Waals surface area contributed by atoms with Gasteiger partial charge in [-0.1, -0.05) is 140 Å². The van der Waals surface area contributed by atoms with Crippen molar-refractivity contribution in [3.05, 3.63) is 48.6 Å². The van der Waals surface area contributed by atoms with Crippen LogP contribution in [0.2, 0.25) is 0 Å². The normalized spacial score (nSPS) is 14.1. The molecule has 8 nitrogen and oxygen atoms in total. The van der Waals surface area contributed by atoms with Gasteiger partial charge in [-0.3, -0.25) is 13.8 Å². The van der Waals surface area contributed by atoms with Crippen molar-refractivity contribution in [3.8, 4) is 0 Å². The van der Waals surface area contributed by atoms with E-state index in [1.54, 1.807) is 0 Å². The van der Waals surface area contributed by atoms with Crippen LogP contribution in [0, 0.1) is 0 Å². The molecule has 292 valence electrons. The molecular weight excluding hydrogens is 649 g/mol. The second-order valence-corrected chi connectivity index (χ2v) is 14.6. The van der Waals surface area contributed by atoms with Gasteiger partial charge in [0.05, 0.1) is 19.8 Å². The molecule has 9 heteroatoms. The van der Waals surface area contributed by atoms with Gasteiger partial charge in [-0.15, -0.1) is 0 Å². The van der Waals surface area contributed by atoms with E-state index in [1.165, 1.54) is 89.9 Å². The van der Waals surface area contributed by atoms with Crippen LogP contribution in [0.4, 0.5) is 0 Å². The van der Waals surface area contributed by atoms with Crippen molar-refractivity contribution in [2.45, 2.75) is 174 Å². The minimum absolute atomic E-state index is 0.0935. The maximum absolute atomic E-state index is 12.5. The summed E-state index contributed by atoms with van der Waals surface area (Å²) in [6.45, 7) is 4.75. The monoisotopic (exact) mass is 726 g/mol. The number of carbonyl (C=O) groups excluding carboxylic acids is 1. The molecule has 0 aliphatic carbocycles. The summed E-state index contributed by atoms with van der Waals surface area (Å²) in [6.07, 6.45) is 44.2. The quantitative estimate of drug-likeness (QED) is 0.0279. The van der Waals surface area contributed by atoms with E-state index in [4.69, 9.17) is 24.3 Å². The first-order valence-electron chi connectivity index (χ1n) is 20.1. The van der Waals surface area contributed by atoms with Gasteiger partial charge in [-0.2, -0.15) is 0 Å². The van der Waals surface area contributed by atoms with Gasteiger partial charge in [0.1, 0.15) is 6.10 Å². The van der Waals surface area contributed by atoms with E-state index in [-0.39, 0.29) is 38.8 Å². The first-order chi connectivity index (χ1) is 24.4. The zero-order valence-corrected chi connectivity index (χ0v) is 33.0. The lowest BCUT2D eigenvalue weighted by Gasteiger charge is -2.20. The summed E-state index contributed by atoms with van der Waals surface area (Å²) in [5.41, 5.74) is 5.35. The van der Waals surface area contributed by atoms with Crippen LogP contribution in [-0.4, -0.2) is 49.9 Å². The van der Waals surface area contributed by atoms with Gasteiger partial charge in [0.15, 0.2) is 0 Å². The zero-order chi connectivity index (χ0) is 36.6. The second kappa shape index (κ2) is 38.7. The number of rotatable bonds is 38. The number of phosphoric acid groups is 1. The number of hydrogen-bond donors (Lipinski definition) is 2. The summed E-state index contributed by atoms with van der Waals surface area (Å²) in [4.78, 5) is 22.4. The zero-order valence-electron chi connectivity index (χ0n) is 32.1. The number of nitrogens with two attached hydrogens (primary N) is 1. The molecule has 0 aliphatic rings. The highest BCUT2D eigenvalue weighted by Gasteiger charge is 2.25. The van der Waals surface area contributed by atoms with Crippen molar-refractivity contribution in [3.63, 3.8) is 0 Å². The third kappa shape index (κ3) is 37.7. The molecule has 0 aliphatic heterocycles. The lowest BCUT2D eigenvalue weighted by molar-refractivity contribution is -0.154. The van der Waals surface area contributed by atoms with Crippen LogP contribution in [0.15, 0.2) is 48.6 Å². The number of ether oxygens (including phenoxy) is 2. The fraction of sp³-hybridized carbons (Fsp3) is 0.780. The van der Waals surface area contributed by atoms with Crippen LogP contribution in [0.5, 0.6) is 0 Å². The second-order valence-electron chi connectivity index (χ2n) is 13.1. The van der Waals surface area contributed by atoms with Gasteiger partial charge in [0.25, 0.3) is 0 Å². The van der Waals surface area contributed by atoms with Crippen molar-refractivity contribution < 1.29 is 32.8 Å². The van der Waals surface area contributed by atoms with E-state index < -0.39 is 13.9 Å². The van der Waals surface area contributed by atoms with Crippen LogP contribution >= 0.6 is 7.82 Å². The Balaban J connectivity index is 4.08. The van der Waals surface area contributed by atoms with Crippen LogP contribution < -0.4 is 5.73 Å². The van der Waals surface area contributed by atoms with Crippen molar-refractivity contribution >= 4 is 13.8 Å². The van der Waals surface area contributed by atoms with Gasteiger partial charge in [0.2, 0.25) is 0 Å².